The third-order valence-electron chi connectivity index (χ3n) is 3.90. The monoisotopic (exact) mass is 248 g/mol. The molecular weight excluding hydrogens is 228 g/mol. The molecule has 2 saturated heterocycles. The van der Waals surface area contributed by atoms with Crippen LogP contribution >= 0.6 is 0 Å². The zero-order valence-corrected chi connectivity index (χ0v) is 10.8. The number of fused-ring (bicyclic) bond motifs is 2. The van der Waals surface area contributed by atoms with Crippen LogP contribution < -0.4 is 15.4 Å². The lowest BCUT2D eigenvalue weighted by Gasteiger charge is -2.35. The Morgan fingerprint density at radius 1 is 1.33 bits per heavy atom. The summed E-state index contributed by atoms with van der Waals surface area (Å²) in [6.07, 6.45) is 3.15. The maximum Gasteiger partial charge on any atom is 0.120 e. The highest BCUT2D eigenvalue weighted by molar-refractivity contribution is 5.58. The van der Waals surface area contributed by atoms with Crippen LogP contribution in [0.4, 0.5) is 5.69 Å². The van der Waals surface area contributed by atoms with Crippen LogP contribution in [0.15, 0.2) is 18.2 Å². The summed E-state index contributed by atoms with van der Waals surface area (Å²) in [6.45, 7) is 2.50. The third kappa shape index (κ3) is 2.06. The van der Waals surface area contributed by atoms with Crippen LogP contribution in [0.3, 0.4) is 0 Å². The number of rotatable bonds is 3. The second-order valence-electron chi connectivity index (χ2n) is 5.06. The van der Waals surface area contributed by atoms with Crippen molar-refractivity contribution in [3.8, 4) is 5.75 Å². The molecule has 0 amide bonds. The van der Waals surface area contributed by atoms with Gasteiger partial charge < -0.3 is 20.1 Å². The van der Waals surface area contributed by atoms with E-state index in [1.54, 1.807) is 7.11 Å². The second-order valence-corrected chi connectivity index (χ2v) is 5.06. The van der Waals surface area contributed by atoms with Gasteiger partial charge in [0.2, 0.25) is 0 Å². The van der Waals surface area contributed by atoms with Gasteiger partial charge in [-0.25, -0.2) is 0 Å². The Morgan fingerprint density at radius 3 is 2.67 bits per heavy atom. The Balaban J connectivity index is 1.90. The first-order valence-corrected chi connectivity index (χ1v) is 6.57. The lowest BCUT2D eigenvalue weighted by molar-refractivity contribution is 0.0304. The van der Waals surface area contributed by atoms with E-state index in [1.807, 2.05) is 6.07 Å². The van der Waals surface area contributed by atoms with E-state index in [2.05, 4.69) is 17.0 Å². The second kappa shape index (κ2) is 4.78. The molecule has 1 aromatic rings. The van der Waals surface area contributed by atoms with E-state index in [-0.39, 0.29) is 0 Å². The number of hydrogen-bond donors (Lipinski definition) is 1. The minimum Gasteiger partial charge on any atom is -0.497 e. The van der Waals surface area contributed by atoms with Gasteiger partial charge in [-0.15, -0.1) is 0 Å². The minimum atomic E-state index is 0.389. The SMILES string of the molecule is COc1ccc(CN)c(N2CC3CCC(C2)O3)c1. The summed E-state index contributed by atoms with van der Waals surface area (Å²) >= 11 is 0. The number of anilines is 1. The lowest BCUT2D eigenvalue weighted by atomic mass is 10.1. The summed E-state index contributed by atoms with van der Waals surface area (Å²) in [5.74, 6) is 0.890. The van der Waals surface area contributed by atoms with Crippen LogP contribution in [0, 0.1) is 0 Å². The Labute approximate surface area is 108 Å². The zero-order valence-electron chi connectivity index (χ0n) is 10.8. The van der Waals surface area contributed by atoms with Gasteiger partial charge in [-0.3, -0.25) is 0 Å². The average Bonchev–Trinajstić information content (AvgIpc) is 2.76. The van der Waals surface area contributed by atoms with Crippen molar-refractivity contribution in [3.05, 3.63) is 23.8 Å². The van der Waals surface area contributed by atoms with Gasteiger partial charge in [0.05, 0.1) is 19.3 Å². The summed E-state index contributed by atoms with van der Waals surface area (Å²) in [7, 11) is 1.70. The van der Waals surface area contributed by atoms with Crippen LogP contribution in [0.1, 0.15) is 18.4 Å². The quantitative estimate of drug-likeness (QED) is 0.881. The highest BCUT2D eigenvalue weighted by Gasteiger charge is 2.34. The first-order chi connectivity index (χ1) is 8.80. The zero-order chi connectivity index (χ0) is 12.5. The van der Waals surface area contributed by atoms with Crippen molar-refractivity contribution < 1.29 is 9.47 Å². The number of benzene rings is 1. The van der Waals surface area contributed by atoms with Crippen LogP contribution in [-0.2, 0) is 11.3 Å². The normalized spacial score (nSPS) is 26.4. The average molecular weight is 248 g/mol. The molecule has 0 aliphatic carbocycles. The fraction of sp³-hybridized carbons (Fsp3) is 0.571. The van der Waals surface area contributed by atoms with Crippen LogP contribution in [0.5, 0.6) is 5.75 Å². The standard InChI is InChI=1S/C14H20N2O2/c1-17-11-3-2-10(7-15)14(6-11)16-8-12-4-5-13(9-16)18-12/h2-3,6,12-13H,4-5,7-9,15H2,1H3. The van der Waals surface area contributed by atoms with Gasteiger partial charge >= 0.3 is 0 Å². The van der Waals surface area contributed by atoms with Gasteiger partial charge in [0.1, 0.15) is 5.75 Å². The van der Waals surface area contributed by atoms with E-state index in [0.717, 1.165) is 18.8 Å². The summed E-state index contributed by atoms with van der Waals surface area (Å²) in [5, 5.41) is 0. The maximum absolute atomic E-state index is 5.87. The van der Waals surface area contributed by atoms with Gasteiger partial charge in [-0.1, -0.05) is 6.07 Å². The molecule has 0 radical (unpaired) electrons. The molecule has 0 aromatic heterocycles. The van der Waals surface area contributed by atoms with Crippen molar-refractivity contribution in [2.75, 3.05) is 25.1 Å². The van der Waals surface area contributed by atoms with E-state index in [4.69, 9.17) is 15.2 Å². The van der Waals surface area contributed by atoms with Crippen molar-refractivity contribution in [2.24, 2.45) is 5.73 Å². The molecule has 2 N–H and O–H groups in total. The first-order valence-electron chi connectivity index (χ1n) is 6.57. The molecule has 2 aliphatic heterocycles. The molecule has 0 spiro atoms. The molecule has 2 aliphatic rings. The van der Waals surface area contributed by atoms with E-state index in [9.17, 15) is 0 Å². The Bertz CT molecular complexity index is 424. The van der Waals surface area contributed by atoms with Crippen molar-refractivity contribution in [2.45, 2.75) is 31.6 Å². The molecular formula is C14H20N2O2. The van der Waals surface area contributed by atoms with Crippen molar-refractivity contribution >= 4 is 5.69 Å². The molecule has 4 nitrogen and oxygen atoms in total. The highest BCUT2D eigenvalue weighted by Crippen LogP contribution is 2.33. The number of morpholine rings is 1. The Hall–Kier alpha value is -1.26. The molecule has 2 bridgehead atoms. The molecule has 0 saturated carbocycles. The molecule has 3 rings (SSSR count). The van der Waals surface area contributed by atoms with E-state index in [0.29, 0.717) is 18.8 Å². The number of nitrogens with two attached hydrogens (primary N) is 1. The van der Waals surface area contributed by atoms with Gasteiger partial charge in [0, 0.05) is 31.4 Å². The van der Waals surface area contributed by atoms with Crippen LogP contribution in [0.2, 0.25) is 0 Å². The lowest BCUT2D eigenvalue weighted by Crippen LogP contribution is -2.43. The minimum absolute atomic E-state index is 0.389. The van der Waals surface area contributed by atoms with E-state index >= 15 is 0 Å². The van der Waals surface area contributed by atoms with Crippen molar-refractivity contribution in [3.63, 3.8) is 0 Å². The van der Waals surface area contributed by atoms with Gasteiger partial charge in [0.15, 0.2) is 0 Å². The predicted octanol–water partition coefficient (Wildman–Crippen LogP) is 1.52. The predicted molar refractivity (Wildman–Crippen MR) is 71.0 cm³/mol. The fourth-order valence-electron chi connectivity index (χ4n) is 2.95. The number of ether oxygens (including phenoxy) is 2. The highest BCUT2D eigenvalue weighted by atomic mass is 16.5. The molecule has 1 aromatic carbocycles. The number of nitrogens with zero attached hydrogens (tertiary/aromatic N) is 1. The van der Waals surface area contributed by atoms with Crippen molar-refractivity contribution in [1.82, 2.24) is 0 Å². The number of methoxy groups -OCH3 is 1. The molecule has 98 valence electrons. The van der Waals surface area contributed by atoms with E-state index in [1.165, 1.54) is 24.1 Å². The van der Waals surface area contributed by atoms with Gasteiger partial charge in [0.25, 0.3) is 0 Å². The largest absolute Gasteiger partial charge is 0.497 e. The Kier molecular flexibility index (Phi) is 3.14. The van der Waals surface area contributed by atoms with Crippen LogP contribution in [0.25, 0.3) is 0 Å². The van der Waals surface area contributed by atoms with Crippen LogP contribution in [-0.4, -0.2) is 32.4 Å². The van der Waals surface area contributed by atoms with Gasteiger partial charge in [-0.05, 0) is 24.5 Å². The summed E-state index contributed by atoms with van der Waals surface area (Å²) in [5.41, 5.74) is 8.22. The fourth-order valence-corrected chi connectivity index (χ4v) is 2.95. The third-order valence-corrected chi connectivity index (χ3v) is 3.90. The Morgan fingerprint density at radius 2 is 2.06 bits per heavy atom. The molecule has 18 heavy (non-hydrogen) atoms. The first kappa shape index (κ1) is 11.8. The van der Waals surface area contributed by atoms with Crippen molar-refractivity contribution in [1.29, 1.82) is 0 Å². The van der Waals surface area contributed by atoms with E-state index < -0.39 is 0 Å². The molecule has 2 atom stereocenters. The maximum atomic E-state index is 5.87. The molecule has 2 unspecified atom stereocenters. The van der Waals surface area contributed by atoms with Gasteiger partial charge in [-0.2, -0.15) is 0 Å². The molecule has 2 heterocycles. The summed E-state index contributed by atoms with van der Waals surface area (Å²) in [4.78, 5) is 2.40. The molecule has 2 fully saturated rings. The smallest absolute Gasteiger partial charge is 0.120 e. The molecule has 4 heteroatoms. The number of hydrogen-bond acceptors (Lipinski definition) is 4. The summed E-state index contributed by atoms with van der Waals surface area (Å²) in [6, 6.07) is 6.12. The topological polar surface area (TPSA) is 47.7 Å². The summed E-state index contributed by atoms with van der Waals surface area (Å²) < 4.78 is 11.2.